The van der Waals surface area contributed by atoms with Crippen LogP contribution in [0.25, 0.3) is 0 Å². The van der Waals surface area contributed by atoms with E-state index in [0.717, 1.165) is 23.5 Å². The van der Waals surface area contributed by atoms with Gasteiger partial charge in [0.1, 0.15) is 5.01 Å². The Bertz CT molecular complexity index is 749. The lowest BCUT2D eigenvalue weighted by Crippen LogP contribution is -2.56. The van der Waals surface area contributed by atoms with Crippen molar-refractivity contribution in [2.75, 3.05) is 25.0 Å². The number of carbonyl (C=O) groups excluding carboxylic acids is 2. The fourth-order valence-corrected chi connectivity index (χ4v) is 3.66. The molecule has 7 nitrogen and oxygen atoms in total. The van der Waals surface area contributed by atoms with Crippen molar-refractivity contribution in [3.63, 3.8) is 0 Å². The van der Waals surface area contributed by atoms with E-state index < -0.39 is 0 Å². The van der Waals surface area contributed by atoms with E-state index in [1.807, 2.05) is 37.3 Å². The predicted octanol–water partition coefficient (Wildman–Crippen LogP) is 1.47. The van der Waals surface area contributed by atoms with Crippen molar-refractivity contribution in [3.8, 4) is 0 Å². The molecule has 1 aliphatic heterocycles. The Balaban J connectivity index is 1.55. The van der Waals surface area contributed by atoms with Crippen molar-refractivity contribution in [1.29, 1.82) is 0 Å². The van der Waals surface area contributed by atoms with Crippen molar-refractivity contribution >= 4 is 28.3 Å². The lowest BCUT2D eigenvalue weighted by molar-refractivity contribution is -0.129. The maximum Gasteiger partial charge on any atom is 0.237 e. The van der Waals surface area contributed by atoms with E-state index in [-0.39, 0.29) is 17.9 Å². The molecule has 26 heavy (non-hydrogen) atoms. The van der Waals surface area contributed by atoms with E-state index in [1.54, 1.807) is 0 Å². The van der Waals surface area contributed by atoms with Crippen LogP contribution >= 0.6 is 11.3 Å². The standard InChI is InChI=1S/C18H23N5O2S/c1-2-16-21-22-18(26-16)20-15(24)8-10-23-11-9-19-17(25)14(23)12-13-6-4-3-5-7-13/h3-7,14H,2,8-12H2,1H3,(H,19,25)(H,20,22,24). The van der Waals surface area contributed by atoms with Crippen LogP contribution in [0.4, 0.5) is 5.13 Å². The average Bonchev–Trinajstić information content (AvgIpc) is 3.10. The Morgan fingerprint density at radius 3 is 2.88 bits per heavy atom. The maximum atomic E-state index is 12.3. The van der Waals surface area contributed by atoms with Crippen molar-refractivity contribution in [2.45, 2.75) is 32.2 Å². The number of nitrogens with zero attached hydrogens (tertiary/aromatic N) is 3. The van der Waals surface area contributed by atoms with Gasteiger partial charge in [0.2, 0.25) is 16.9 Å². The molecule has 0 aliphatic carbocycles. The Kier molecular flexibility index (Phi) is 6.30. The van der Waals surface area contributed by atoms with Crippen LogP contribution < -0.4 is 10.6 Å². The Hall–Kier alpha value is -2.32. The molecule has 2 amide bonds. The molecule has 1 fully saturated rings. The van der Waals surface area contributed by atoms with Crippen LogP contribution in [0.15, 0.2) is 30.3 Å². The van der Waals surface area contributed by atoms with Gasteiger partial charge in [0.05, 0.1) is 6.04 Å². The lowest BCUT2D eigenvalue weighted by Gasteiger charge is -2.35. The van der Waals surface area contributed by atoms with Crippen LogP contribution in [-0.2, 0) is 22.4 Å². The van der Waals surface area contributed by atoms with E-state index in [4.69, 9.17) is 0 Å². The second kappa shape index (κ2) is 8.86. The van der Waals surface area contributed by atoms with Crippen LogP contribution in [0.2, 0.25) is 0 Å². The number of nitrogens with one attached hydrogen (secondary N) is 2. The number of benzene rings is 1. The number of carbonyl (C=O) groups is 2. The molecule has 0 radical (unpaired) electrons. The van der Waals surface area contributed by atoms with Gasteiger partial charge in [-0.3, -0.25) is 14.5 Å². The highest BCUT2D eigenvalue weighted by Gasteiger charge is 2.29. The molecular formula is C18H23N5O2S. The minimum atomic E-state index is -0.243. The molecule has 0 saturated carbocycles. The number of aromatic nitrogens is 2. The molecule has 0 spiro atoms. The predicted molar refractivity (Wildman–Crippen MR) is 101 cm³/mol. The summed E-state index contributed by atoms with van der Waals surface area (Å²) in [5, 5.41) is 15.1. The van der Waals surface area contributed by atoms with E-state index in [9.17, 15) is 9.59 Å². The molecule has 1 saturated heterocycles. The SMILES string of the molecule is CCc1nnc(NC(=O)CCN2CCNC(=O)C2Cc2ccccc2)s1. The normalized spacial score (nSPS) is 17.7. The Morgan fingerprint density at radius 1 is 1.35 bits per heavy atom. The molecule has 0 bridgehead atoms. The summed E-state index contributed by atoms with van der Waals surface area (Å²) in [7, 11) is 0. The van der Waals surface area contributed by atoms with Crippen LogP contribution in [0.3, 0.4) is 0 Å². The van der Waals surface area contributed by atoms with Gasteiger partial charge in [0.25, 0.3) is 0 Å². The highest BCUT2D eigenvalue weighted by Crippen LogP contribution is 2.16. The first-order valence-electron chi connectivity index (χ1n) is 8.83. The number of hydrogen-bond acceptors (Lipinski definition) is 6. The zero-order valence-corrected chi connectivity index (χ0v) is 15.6. The van der Waals surface area contributed by atoms with Gasteiger partial charge in [-0.2, -0.15) is 0 Å². The second-order valence-corrected chi connectivity index (χ2v) is 7.25. The second-order valence-electron chi connectivity index (χ2n) is 6.19. The number of aryl methyl sites for hydroxylation is 1. The summed E-state index contributed by atoms with van der Waals surface area (Å²) >= 11 is 1.39. The zero-order valence-electron chi connectivity index (χ0n) is 14.8. The van der Waals surface area contributed by atoms with Gasteiger partial charge in [-0.05, 0) is 18.4 Å². The van der Waals surface area contributed by atoms with E-state index in [0.29, 0.717) is 31.1 Å². The Labute approximate surface area is 156 Å². The first-order chi connectivity index (χ1) is 12.7. The van der Waals surface area contributed by atoms with Crippen molar-refractivity contribution < 1.29 is 9.59 Å². The van der Waals surface area contributed by atoms with Gasteiger partial charge in [-0.25, -0.2) is 0 Å². The molecule has 2 aromatic rings. The van der Waals surface area contributed by atoms with Crippen LogP contribution in [0.5, 0.6) is 0 Å². The van der Waals surface area contributed by atoms with Gasteiger partial charge < -0.3 is 10.6 Å². The molecule has 1 aromatic heterocycles. The molecule has 2 heterocycles. The minimum absolute atomic E-state index is 0.0252. The van der Waals surface area contributed by atoms with Gasteiger partial charge in [0.15, 0.2) is 0 Å². The largest absolute Gasteiger partial charge is 0.353 e. The monoisotopic (exact) mass is 373 g/mol. The van der Waals surface area contributed by atoms with E-state index in [2.05, 4.69) is 25.7 Å². The number of amides is 2. The van der Waals surface area contributed by atoms with Gasteiger partial charge >= 0.3 is 0 Å². The number of rotatable bonds is 7. The molecule has 3 rings (SSSR count). The molecule has 1 unspecified atom stereocenters. The first kappa shape index (κ1) is 18.5. The molecular weight excluding hydrogens is 350 g/mol. The topological polar surface area (TPSA) is 87.2 Å². The average molecular weight is 373 g/mol. The molecule has 2 N–H and O–H groups in total. The van der Waals surface area contributed by atoms with Crippen LogP contribution in [0, 0.1) is 0 Å². The number of piperazine rings is 1. The molecule has 1 aromatic carbocycles. The third-order valence-corrected chi connectivity index (χ3v) is 5.34. The molecule has 1 aliphatic rings. The summed E-state index contributed by atoms with van der Waals surface area (Å²) in [6, 6.07) is 9.71. The summed E-state index contributed by atoms with van der Waals surface area (Å²) in [6.45, 7) is 3.90. The third-order valence-electron chi connectivity index (χ3n) is 4.36. The summed E-state index contributed by atoms with van der Waals surface area (Å²) in [5.41, 5.74) is 1.12. The maximum absolute atomic E-state index is 12.3. The van der Waals surface area contributed by atoms with Gasteiger partial charge in [-0.1, -0.05) is 48.6 Å². The van der Waals surface area contributed by atoms with Crippen molar-refractivity contribution in [3.05, 3.63) is 40.9 Å². The first-order valence-corrected chi connectivity index (χ1v) is 9.65. The fraction of sp³-hybridized carbons (Fsp3) is 0.444. The van der Waals surface area contributed by atoms with Crippen LogP contribution in [0.1, 0.15) is 23.9 Å². The highest BCUT2D eigenvalue weighted by atomic mass is 32.1. The van der Waals surface area contributed by atoms with Crippen molar-refractivity contribution in [1.82, 2.24) is 20.4 Å². The van der Waals surface area contributed by atoms with E-state index >= 15 is 0 Å². The Morgan fingerprint density at radius 2 is 2.15 bits per heavy atom. The molecule has 138 valence electrons. The summed E-state index contributed by atoms with van der Waals surface area (Å²) in [6.07, 6.45) is 1.77. The van der Waals surface area contributed by atoms with Crippen LogP contribution in [-0.4, -0.2) is 52.6 Å². The number of hydrogen-bond donors (Lipinski definition) is 2. The van der Waals surface area contributed by atoms with E-state index in [1.165, 1.54) is 11.3 Å². The molecule has 1 atom stereocenters. The fourth-order valence-electron chi connectivity index (χ4n) is 2.96. The minimum Gasteiger partial charge on any atom is -0.353 e. The number of anilines is 1. The summed E-state index contributed by atoms with van der Waals surface area (Å²) in [5.74, 6) is -0.0783. The third kappa shape index (κ3) is 4.86. The summed E-state index contributed by atoms with van der Waals surface area (Å²) < 4.78 is 0. The van der Waals surface area contributed by atoms with Gasteiger partial charge in [0, 0.05) is 26.1 Å². The molecule has 8 heteroatoms. The summed E-state index contributed by atoms with van der Waals surface area (Å²) in [4.78, 5) is 26.6. The van der Waals surface area contributed by atoms with Gasteiger partial charge in [-0.15, -0.1) is 10.2 Å². The zero-order chi connectivity index (χ0) is 18.4. The quantitative estimate of drug-likeness (QED) is 0.767. The van der Waals surface area contributed by atoms with Crippen molar-refractivity contribution in [2.24, 2.45) is 0 Å². The smallest absolute Gasteiger partial charge is 0.237 e. The highest BCUT2D eigenvalue weighted by molar-refractivity contribution is 7.15. The lowest BCUT2D eigenvalue weighted by atomic mass is 10.0.